The van der Waals surface area contributed by atoms with E-state index in [1.165, 1.54) is 24.3 Å². The van der Waals surface area contributed by atoms with Crippen LogP contribution < -0.4 is 118 Å². The van der Waals surface area contributed by atoms with Crippen LogP contribution in [0.1, 0.15) is 0 Å². The number of aromatic amines is 2. The summed E-state index contributed by atoms with van der Waals surface area (Å²) in [6, 6.07) is 13.2. The molecule has 9 rings (SSSR count). The van der Waals surface area contributed by atoms with Gasteiger partial charge in [0, 0.05) is 44.2 Å². The maximum absolute atomic E-state index is 12.1. The van der Waals surface area contributed by atoms with Gasteiger partial charge < -0.3 is 28.2 Å². The fourth-order valence-corrected chi connectivity index (χ4v) is 8.32. The first-order chi connectivity index (χ1) is 26.2. The molecule has 0 amide bonds. The van der Waals surface area contributed by atoms with Gasteiger partial charge in [-0.05, 0) is 72.8 Å². The zero-order valence-electron chi connectivity index (χ0n) is 31.1. The van der Waals surface area contributed by atoms with Crippen LogP contribution in [0.25, 0.3) is 90.4 Å². The van der Waals surface area contributed by atoms with E-state index < -0.39 is 60.1 Å². The van der Waals surface area contributed by atoms with Crippen molar-refractivity contribution in [2.24, 2.45) is 0 Å². The molecular formula is C32H14N8Na4O12S4. The van der Waals surface area contributed by atoms with E-state index in [1.54, 1.807) is 0 Å². The second-order valence-electron chi connectivity index (χ2n) is 12.3. The Morgan fingerprint density at radius 2 is 0.717 bits per heavy atom. The van der Waals surface area contributed by atoms with Crippen LogP contribution >= 0.6 is 0 Å². The fraction of sp³-hybridized carbons (Fsp3) is 0. The Labute approximate surface area is 427 Å². The molecule has 6 aromatic rings. The van der Waals surface area contributed by atoms with Crippen LogP contribution in [0.2, 0.25) is 0 Å². The van der Waals surface area contributed by atoms with Gasteiger partial charge in [0.05, 0.1) is 19.6 Å². The van der Waals surface area contributed by atoms with Crippen LogP contribution in [0.4, 0.5) is 0 Å². The predicted octanol–water partition coefficient (Wildman–Crippen LogP) is -9.60. The van der Waals surface area contributed by atoms with E-state index in [0.29, 0.717) is 0 Å². The van der Waals surface area contributed by atoms with Gasteiger partial charge in [-0.1, -0.05) is 0 Å². The number of nitrogens with zero attached hydrogens (tertiary/aromatic N) is 6. The number of rotatable bonds is 4. The number of hydrogen-bond acceptors (Lipinski definition) is 18. The number of benzene rings is 4. The van der Waals surface area contributed by atoms with E-state index in [0.717, 1.165) is 48.5 Å². The Hall–Kier alpha value is -2.12. The second-order valence-corrected chi connectivity index (χ2v) is 17.8. The molecule has 0 spiro atoms. The smallest absolute Gasteiger partial charge is 0.744 e. The molecule has 8 bridgehead atoms. The van der Waals surface area contributed by atoms with Gasteiger partial charge in [0.1, 0.15) is 57.6 Å². The summed E-state index contributed by atoms with van der Waals surface area (Å²) in [6.07, 6.45) is 0. The van der Waals surface area contributed by atoms with Gasteiger partial charge >= 0.3 is 118 Å². The predicted molar refractivity (Wildman–Crippen MR) is 186 cm³/mol. The van der Waals surface area contributed by atoms with Crippen LogP contribution in [0.5, 0.6) is 0 Å². The van der Waals surface area contributed by atoms with Gasteiger partial charge in [0.15, 0.2) is 29.1 Å². The summed E-state index contributed by atoms with van der Waals surface area (Å²) in [4.78, 5) is 30.5. The second kappa shape index (κ2) is 17.1. The van der Waals surface area contributed by atoms with Crippen molar-refractivity contribution in [3.63, 3.8) is 0 Å². The van der Waals surface area contributed by atoms with Crippen molar-refractivity contribution in [2.75, 3.05) is 0 Å². The maximum Gasteiger partial charge on any atom is 1.00 e. The molecule has 2 aromatic heterocycles. The summed E-state index contributed by atoms with van der Waals surface area (Å²) < 4.78 is 145. The Bertz CT molecular complexity index is 3520. The molecule has 0 atom stereocenters. The van der Waals surface area contributed by atoms with E-state index >= 15 is 0 Å². The molecule has 4 aromatic carbocycles. The van der Waals surface area contributed by atoms with Crippen LogP contribution in [-0.2, 0) is 40.5 Å². The van der Waals surface area contributed by atoms with Crippen molar-refractivity contribution in [1.82, 2.24) is 39.9 Å². The van der Waals surface area contributed by atoms with E-state index in [-0.39, 0.29) is 209 Å². The monoisotopic (exact) mass is 922 g/mol. The molecule has 0 aliphatic carbocycles. The van der Waals surface area contributed by atoms with Gasteiger partial charge in [0.25, 0.3) is 0 Å². The zero-order valence-corrected chi connectivity index (χ0v) is 42.4. The normalized spacial score (nSPS) is 12.3. The van der Waals surface area contributed by atoms with Crippen LogP contribution in [0.3, 0.4) is 0 Å². The Morgan fingerprint density at radius 3 is 1.17 bits per heavy atom. The van der Waals surface area contributed by atoms with E-state index in [1.807, 2.05) is 0 Å². The third-order valence-corrected chi connectivity index (χ3v) is 12.2. The quantitative estimate of drug-likeness (QED) is 0.122. The molecule has 5 heterocycles. The summed E-state index contributed by atoms with van der Waals surface area (Å²) in [6.45, 7) is 0. The average Bonchev–Trinajstić information content (AvgIpc) is 3.84. The SMILES string of the molecule is O=S(=O)([O-])c1ccc2c(c1)-c1nc3nc(nc4nc([nH]c5[nH]c(nc-2n1)c1cc(S(=O)(=O)[O-])ccc51)-c1ccc(S(=O)(=O)[O-])cc1-4)-c1cc(S(=O)(=O)[O-])ccc1-3.[Na+].[Na+].[Na+].[Na+]. The Morgan fingerprint density at radius 1 is 0.367 bits per heavy atom. The molecular weight excluding hydrogens is 909 g/mol. The standard InChI is InChI=1S/C32H18N8O12S4.4Na/c41-53(42,43)13-1-5-17-21(9-13)29-34-25(17)33-26-18-6-2-15(55(47,48)49)11-23(18)31(35-26)40-32-24-12-16(56(50,51)52)4-8-20(24)28(39-32)38-30-22-10-14(54(44,45)46)3-7-19(22)27(36-29)37-30;;;;/h1-12H,(H,41,42,43)(H,44,45,46)(H,47,48,49)(H,50,51,52)(H2,33,34,35,36,37,38,39,40);;;;/q;4*+1/p-4. The van der Waals surface area contributed by atoms with E-state index in [4.69, 9.17) is 0 Å². The van der Waals surface area contributed by atoms with Gasteiger partial charge in [-0.15, -0.1) is 0 Å². The summed E-state index contributed by atoms with van der Waals surface area (Å²) >= 11 is 0. The van der Waals surface area contributed by atoms with Gasteiger partial charge in [-0.2, -0.15) is 0 Å². The molecule has 3 aliphatic rings. The van der Waals surface area contributed by atoms with Gasteiger partial charge in [-0.25, -0.2) is 63.6 Å². The average molecular weight is 923 g/mol. The molecule has 0 saturated heterocycles. The summed E-state index contributed by atoms with van der Waals surface area (Å²) in [5.41, 5.74) is 0.436. The topological polar surface area (TPSA) is 338 Å². The number of hydrogen-bond donors (Lipinski definition) is 2. The van der Waals surface area contributed by atoms with Crippen molar-refractivity contribution in [1.29, 1.82) is 0 Å². The van der Waals surface area contributed by atoms with Crippen molar-refractivity contribution < 1.29 is 170 Å². The molecule has 0 fully saturated rings. The van der Waals surface area contributed by atoms with Crippen LogP contribution in [-0.4, -0.2) is 91.8 Å². The minimum atomic E-state index is -5.03. The van der Waals surface area contributed by atoms with Gasteiger partial charge in [0.2, 0.25) is 0 Å². The van der Waals surface area contributed by atoms with Gasteiger partial charge in [-0.3, -0.25) is 0 Å². The van der Waals surface area contributed by atoms with E-state index in [2.05, 4.69) is 39.9 Å². The fourth-order valence-electron chi connectivity index (χ4n) is 6.33. The minimum absolute atomic E-state index is 0. The summed E-state index contributed by atoms with van der Waals surface area (Å²) in [7, 11) is -20.0. The van der Waals surface area contributed by atoms with Crippen LogP contribution in [0.15, 0.2) is 92.4 Å². The molecule has 0 saturated carbocycles. The van der Waals surface area contributed by atoms with E-state index in [9.17, 15) is 51.9 Å². The largest absolute Gasteiger partial charge is 1.00 e. The Balaban J connectivity index is 0.00000171. The molecule has 3 aliphatic heterocycles. The molecule has 282 valence electrons. The van der Waals surface area contributed by atoms with Crippen molar-refractivity contribution in [3.8, 4) is 68.3 Å². The van der Waals surface area contributed by atoms with Crippen molar-refractivity contribution in [2.45, 2.75) is 19.6 Å². The Kier molecular flexibility index (Phi) is 13.9. The summed E-state index contributed by atoms with van der Waals surface area (Å²) in [5, 5.41) is 0.341. The first-order valence-electron chi connectivity index (χ1n) is 15.5. The molecule has 20 nitrogen and oxygen atoms in total. The molecule has 28 heteroatoms. The third kappa shape index (κ3) is 8.85. The maximum atomic E-state index is 12.1. The molecule has 0 radical (unpaired) electrons. The first kappa shape index (κ1) is 48.9. The van der Waals surface area contributed by atoms with Crippen molar-refractivity contribution in [3.05, 3.63) is 72.8 Å². The number of fused-ring (bicyclic) bond motifs is 20. The van der Waals surface area contributed by atoms with Crippen molar-refractivity contribution >= 4 is 62.5 Å². The third-order valence-electron chi connectivity index (χ3n) is 8.87. The summed E-state index contributed by atoms with van der Waals surface area (Å²) in [5.74, 6) is -1.09. The zero-order chi connectivity index (χ0) is 39.7. The molecule has 0 unspecified atom stereocenters. The minimum Gasteiger partial charge on any atom is -0.744 e. The molecule has 60 heavy (non-hydrogen) atoms. The molecule has 2 N–H and O–H groups in total. The first-order valence-corrected chi connectivity index (χ1v) is 21.1. The number of H-pyrrole nitrogens is 2. The van der Waals surface area contributed by atoms with Crippen LogP contribution in [0, 0.1) is 0 Å². The number of aromatic nitrogens is 8. The number of nitrogens with one attached hydrogen (secondary N) is 2.